The zero-order valence-corrected chi connectivity index (χ0v) is 9.53. The van der Waals surface area contributed by atoms with Gasteiger partial charge in [-0.15, -0.1) is 0 Å². The minimum absolute atomic E-state index is 0.0188. The highest BCUT2D eigenvalue weighted by Crippen LogP contribution is 2.27. The van der Waals surface area contributed by atoms with Gasteiger partial charge in [-0.2, -0.15) is 0 Å². The molecule has 15 heavy (non-hydrogen) atoms. The van der Waals surface area contributed by atoms with E-state index in [0.717, 1.165) is 0 Å². The van der Waals surface area contributed by atoms with Gasteiger partial charge in [0.1, 0.15) is 5.82 Å². The second-order valence-corrected chi connectivity index (χ2v) is 3.70. The fraction of sp³-hybridized carbons (Fsp3) is 0.300. The Bertz CT molecular complexity index is 380. The number of hydrogen-bond donors (Lipinski definition) is 0. The largest absolute Gasteiger partial charge is 0.466 e. The van der Waals surface area contributed by atoms with Gasteiger partial charge in [-0.1, -0.05) is 23.2 Å². The van der Waals surface area contributed by atoms with E-state index in [1.165, 1.54) is 19.1 Å². The lowest BCUT2D eigenvalue weighted by atomic mass is 10.1. The molecule has 2 nitrogen and oxygen atoms in total. The molecule has 1 rings (SSSR count). The number of halogens is 3. The van der Waals surface area contributed by atoms with Crippen molar-refractivity contribution in [2.24, 2.45) is 0 Å². The minimum atomic E-state index is -0.529. The average Bonchev–Trinajstić information content (AvgIpc) is 2.17. The zero-order valence-electron chi connectivity index (χ0n) is 8.02. The number of hydrogen-bond acceptors (Lipinski definition) is 2. The smallest absolute Gasteiger partial charge is 0.302 e. The molecule has 0 saturated heterocycles. The molecule has 1 aromatic carbocycles. The van der Waals surface area contributed by atoms with Crippen molar-refractivity contribution in [3.8, 4) is 0 Å². The predicted molar refractivity (Wildman–Crippen MR) is 56.8 cm³/mol. The summed E-state index contributed by atoms with van der Waals surface area (Å²) in [6, 6.07) is 2.62. The van der Waals surface area contributed by atoms with Crippen LogP contribution in [0.2, 0.25) is 10.0 Å². The number of carbonyl (C=O) groups is 1. The van der Waals surface area contributed by atoms with Crippen molar-refractivity contribution in [1.29, 1.82) is 0 Å². The zero-order chi connectivity index (χ0) is 11.4. The molecule has 0 unspecified atom stereocenters. The van der Waals surface area contributed by atoms with Gasteiger partial charge in [0.2, 0.25) is 0 Å². The van der Waals surface area contributed by atoms with Crippen molar-refractivity contribution >= 4 is 29.2 Å². The Labute approximate surface area is 96.9 Å². The maximum atomic E-state index is 13.0. The molecular formula is C10H9Cl2FO2. The van der Waals surface area contributed by atoms with Crippen LogP contribution in [0.1, 0.15) is 12.5 Å². The van der Waals surface area contributed by atoms with Gasteiger partial charge in [-0.25, -0.2) is 4.39 Å². The third-order valence-electron chi connectivity index (χ3n) is 1.80. The molecule has 1 aromatic rings. The predicted octanol–water partition coefficient (Wildman–Crippen LogP) is 3.24. The van der Waals surface area contributed by atoms with Crippen molar-refractivity contribution in [2.75, 3.05) is 6.61 Å². The molecule has 0 aliphatic heterocycles. The molecule has 0 radical (unpaired) electrons. The van der Waals surface area contributed by atoms with E-state index >= 15 is 0 Å². The van der Waals surface area contributed by atoms with Crippen LogP contribution < -0.4 is 0 Å². The van der Waals surface area contributed by atoms with E-state index in [1.807, 2.05) is 0 Å². The topological polar surface area (TPSA) is 26.3 Å². The Morgan fingerprint density at radius 3 is 2.73 bits per heavy atom. The number of carbonyl (C=O) groups excluding carboxylic acids is 1. The summed E-state index contributed by atoms with van der Waals surface area (Å²) in [7, 11) is 0. The first-order chi connectivity index (χ1) is 7.02. The van der Waals surface area contributed by atoms with Crippen LogP contribution in [0.3, 0.4) is 0 Å². The van der Waals surface area contributed by atoms with Crippen LogP contribution in [0.5, 0.6) is 0 Å². The summed E-state index contributed by atoms with van der Waals surface area (Å²) in [6.45, 7) is 1.44. The molecular weight excluding hydrogens is 242 g/mol. The molecule has 0 spiro atoms. The highest BCUT2D eigenvalue weighted by Gasteiger charge is 2.10. The SMILES string of the molecule is CC(=O)OCCc1c(Cl)ccc(F)c1Cl. The van der Waals surface area contributed by atoms with Crippen LogP contribution in [0.4, 0.5) is 4.39 Å². The molecule has 5 heteroatoms. The average molecular weight is 251 g/mol. The lowest BCUT2D eigenvalue weighted by molar-refractivity contribution is -0.140. The minimum Gasteiger partial charge on any atom is -0.466 e. The third-order valence-corrected chi connectivity index (χ3v) is 2.56. The van der Waals surface area contributed by atoms with Gasteiger partial charge >= 0.3 is 5.97 Å². The fourth-order valence-electron chi connectivity index (χ4n) is 1.10. The third kappa shape index (κ3) is 3.36. The van der Waals surface area contributed by atoms with Crippen LogP contribution in [0.15, 0.2) is 12.1 Å². The maximum absolute atomic E-state index is 13.0. The van der Waals surface area contributed by atoms with Crippen LogP contribution >= 0.6 is 23.2 Å². The van der Waals surface area contributed by atoms with E-state index in [4.69, 9.17) is 27.9 Å². The molecule has 0 aliphatic rings. The van der Waals surface area contributed by atoms with Crippen molar-refractivity contribution in [1.82, 2.24) is 0 Å². The Morgan fingerprint density at radius 1 is 1.47 bits per heavy atom. The molecule has 0 fully saturated rings. The molecule has 0 atom stereocenters. The molecule has 0 bridgehead atoms. The van der Waals surface area contributed by atoms with Crippen molar-refractivity contribution < 1.29 is 13.9 Å². The molecule has 0 aliphatic carbocycles. The summed E-state index contributed by atoms with van der Waals surface area (Å²) in [6.07, 6.45) is 0.301. The lowest BCUT2D eigenvalue weighted by Gasteiger charge is -2.07. The number of esters is 1. The summed E-state index contributed by atoms with van der Waals surface area (Å²) in [5.74, 6) is -0.919. The first-order valence-corrected chi connectivity index (χ1v) is 5.03. The summed E-state index contributed by atoms with van der Waals surface area (Å²) >= 11 is 11.5. The van der Waals surface area contributed by atoms with Crippen LogP contribution in [0.25, 0.3) is 0 Å². The molecule has 0 aromatic heterocycles. The van der Waals surface area contributed by atoms with E-state index in [-0.39, 0.29) is 11.6 Å². The Hall–Kier alpha value is -0.800. The highest BCUT2D eigenvalue weighted by molar-refractivity contribution is 6.36. The van der Waals surface area contributed by atoms with E-state index in [2.05, 4.69) is 0 Å². The van der Waals surface area contributed by atoms with E-state index < -0.39 is 11.8 Å². The summed E-state index contributed by atoms with van der Waals surface area (Å²) in [5.41, 5.74) is 0.458. The molecule has 0 heterocycles. The number of ether oxygens (including phenoxy) is 1. The first-order valence-electron chi connectivity index (χ1n) is 4.28. The van der Waals surface area contributed by atoms with Gasteiger partial charge in [-0.05, 0) is 17.7 Å². The number of rotatable bonds is 3. The Balaban J connectivity index is 2.75. The second kappa shape index (κ2) is 5.33. The van der Waals surface area contributed by atoms with Gasteiger partial charge < -0.3 is 4.74 Å². The van der Waals surface area contributed by atoms with E-state index in [1.54, 1.807) is 0 Å². The normalized spacial score (nSPS) is 10.1. The van der Waals surface area contributed by atoms with Crippen molar-refractivity contribution in [2.45, 2.75) is 13.3 Å². The van der Waals surface area contributed by atoms with Crippen molar-refractivity contribution in [3.63, 3.8) is 0 Å². The number of benzene rings is 1. The first kappa shape index (κ1) is 12.3. The highest BCUT2D eigenvalue weighted by atomic mass is 35.5. The lowest BCUT2D eigenvalue weighted by Crippen LogP contribution is -2.04. The van der Waals surface area contributed by atoms with Gasteiger partial charge in [0.25, 0.3) is 0 Å². The standard InChI is InChI=1S/C10H9Cl2FO2/c1-6(14)15-5-4-7-8(11)2-3-9(13)10(7)12/h2-3H,4-5H2,1H3. The van der Waals surface area contributed by atoms with Gasteiger partial charge in [0.05, 0.1) is 11.6 Å². The molecule has 0 amide bonds. The van der Waals surface area contributed by atoms with Crippen LogP contribution in [-0.2, 0) is 16.0 Å². The molecule has 82 valence electrons. The fourth-order valence-corrected chi connectivity index (χ4v) is 1.65. The summed E-state index contributed by atoms with van der Waals surface area (Å²) < 4.78 is 17.8. The Kier molecular flexibility index (Phi) is 4.36. The summed E-state index contributed by atoms with van der Waals surface area (Å²) in [5, 5.41) is 0.350. The van der Waals surface area contributed by atoms with Gasteiger partial charge in [-0.3, -0.25) is 4.79 Å². The van der Waals surface area contributed by atoms with Crippen molar-refractivity contribution in [3.05, 3.63) is 33.6 Å². The second-order valence-electron chi connectivity index (χ2n) is 2.91. The van der Waals surface area contributed by atoms with E-state index in [9.17, 15) is 9.18 Å². The monoisotopic (exact) mass is 250 g/mol. The summed E-state index contributed by atoms with van der Waals surface area (Å²) in [4.78, 5) is 10.5. The molecule has 0 saturated carbocycles. The van der Waals surface area contributed by atoms with Gasteiger partial charge in [0.15, 0.2) is 0 Å². The maximum Gasteiger partial charge on any atom is 0.302 e. The molecule has 0 N–H and O–H groups in total. The Morgan fingerprint density at radius 2 is 2.13 bits per heavy atom. The van der Waals surface area contributed by atoms with Gasteiger partial charge in [0, 0.05) is 18.4 Å². The van der Waals surface area contributed by atoms with E-state index in [0.29, 0.717) is 17.0 Å². The van der Waals surface area contributed by atoms with Crippen LogP contribution in [0, 0.1) is 5.82 Å². The van der Waals surface area contributed by atoms with Crippen LogP contribution in [-0.4, -0.2) is 12.6 Å². The quantitative estimate of drug-likeness (QED) is 0.608.